The van der Waals surface area contributed by atoms with Crippen molar-refractivity contribution in [3.8, 4) is 5.75 Å². The lowest BCUT2D eigenvalue weighted by molar-refractivity contribution is -0.121. The first-order valence-electron chi connectivity index (χ1n) is 9.53. The van der Waals surface area contributed by atoms with E-state index in [-0.39, 0.29) is 11.9 Å². The topological polar surface area (TPSA) is 70.7 Å². The largest absolute Gasteiger partial charge is 0.493 e. The Balaban J connectivity index is 1.54. The molecule has 1 aromatic rings. The van der Waals surface area contributed by atoms with E-state index in [1.807, 2.05) is 31.2 Å². The molecule has 3 amide bonds. The molecule has 1 aliphatic rings. The smallest absolute Gasteiger partial charge is 0.317 e. The van der Waals surface area contributed by atoms with Gasteiger partial charge in [-0.2, -0.15) is 0 Å². The third-order valence-corrected chi connectivity index (χ3v) is 4.68. The fraction of sp³-hybridized carbons (Fsp3) is 0.600. The van der Waals surface area contributed by atoms with E-state index in [0.29, 0.717) is 32.2 Å². The third-order valence-electron chi connectivity index (χ3n) is 4.68. The van der Waals surface area contributed by atoms with Crippen LogP contribution in [-0.4, -0.2) is 49.6 Å². The highest BCUT2D eigenvalue weighted by molar-refractivity contribution is 5.78. The average Bonchev–Trinajstić information content (AvgIpc) is 3.12. The van der Waals surface area contributed by atoms with Gasteiger partial charge in [0.15, 0.2) is 0 Å². The van der Waals surface area contributed by atoms with Gasteiger partial charge in [-0.1, -0.05) is 31.0 Å². The summed E-state index contributed by atoms with van der Waals surface area (Å²) in [6, 6.07) is 8.06. The Labute approximate surface area is 156 Å². The highest BCUT2D eigenvalue weighted by atomic mass is 16.5. The second kappa shape index (κ2) is 10.7. The van der Waals surface area contributed by atoms with Crippen molar-refractivity contribution < 1.29 is 14.3 Å². The Morgan fingerprint density at radius 3 is 2.69 bits per heavy atom. The van der Waals surface area contributed by atoms with E-state index in [0.717, 1.165) is 30.6 Å². The number of ether oxygens (including phenoxy) is 1. The maximum Gasteiger partial charge on any atom is 0.317 e. The van der Waals surface area contributed by atoms with Gasteiger partial charge in [-0.25, -0.2) is 4.79 Å². The zero-order valence-electron chi connectivity index (χ0n) is 15.9. The maximum atomic E-state index is 12.0. The van der Waals surface area contributed by atoms with Gasteiger partial charge < -0.3 is 20.3 Å². The van der Waals surface area contributed by atoms with Crippen LogP contribution in [0.4, 0.5) is 4.79 Å². The van der Waals surface area contributed by atoms with Crippen molar-refractivity contribution in [1.82, 2.24) is 15.5 Å². The average molecular weight is 361 g/mol. The molecule has 0 bridgehead atoms. The van der Waals surface area contributed by atoms with Gasteiger partial charge in [0.2, 0.25) is 5.91 Å². The van der Waals surface area contributed by atoms with Crippen LogP contribution >= 0.6 is 0 Å². The van der Waals surface area contributed by atoms with Gasteiger partial charge in [0, 0.05) is 32.6 Å². The first kappa shape index (κ1) is 20.1. The monoisotopic (exact) mass is 361 g/mol. The van der Waals surface area contributed by atoms with E-state index < -0.39 is 0 Å². The molecule has 1 saturated carbocycles. The predicted octanol–water partition coefficient (Wildman–Crippen LogP) is 2.85. The summed E-state index contributed by atoms with van der Waals surface area (Å²) in [6.07, 6.45) is 5.61. The Morgan fingerprint density at radius 1 is 1.23 bits per heavy atom. The fourth-order valence-corrected chi connectivity index (χ4v) is 3.09. The molecule has 26 heavy (non-hydrogen) atoms. The van der Waals surface area contributed by atoms with Crippen molar-refractivity contribution in [3.05, 3.63) is 29.8 Å². The molecule has 0 aromatic heterocycles. The minimum Gasteiger partial charge on any atom is -0.493 e. The molecule has 2 N–H and O–H groups in total. The van der Waals surface area contributed by atoms with E-state index in [2.05, 4.69) is 10.6 Å². The molecule has 0 atom stereocenters. The van der Waals surface area contributed by atoms with Gasteiger partial charge in [0.05, 0.1) is 6.61 Å². The summed E-state index contributed by atoms with van der Waals surface area (Å²) >= 11 is 0. The number of hydrogen-bond acceptors (Lipinski definition) is 3. The van der Waals surface area contributed by atoms with Crippen LogP contribution in [0.1, 0.15) is 44.1 Å². The molecule has 1 aromatic carbocycles. The van der Waals surface area contributed by atoms with Crippen molar-refractivity contribution in [2.24, 2.45) is 0 Å². The van der Waals surface area contributed by atoms with E-state index >= 15 is 0 Å². The number of urea groups is 1. The molecule has 2 rings (SSSR count). The SMILES string of the molecule is Cc1ccccc1OCCCN(C)C(=O)NCCC(=O)NC1CCCC1. The molecule has 1 fully saturated rings. The van der Waals surface area contributed by atoms with E-state index in [9.17, 15) is 9.59 Å². The van der Waals surface area contributed by atoms with Crippen LogP contribution in [0.25, 0.3) is 0 Å². The molecule has 0 heterocycles. The van der Waals surface area contributed by atoms with E-state index in [4.69, 9.17) is 4.74 Å². The van der Waals surface area contributed by atoms with Crippen LogP contribution in [0.15, 0.2) is 24.3 Å². The Bertz CT molecular complexity index is 585. The van der Waals surface area contributed by atoms with Gasteiger partial charge in [0.1, 0.15) is 5.75 Å². The number of rotatable bonds is 9. The van der Waals surface area contributed by atoms with E-state index in [1.54, 1.807) is 11.9 Å². The lowest BCUT2D eigenvalue weighted by Crippen LogP contribution is -2.40. The molecule has 144 valence electrons. The summed E-state index contributed by atoms with van der Waals surface area (Å²) in [5.41, 5.74) is 1.11. The van der Waals surface area contributed by atoms with Crippen LogP contribution in [0, 0.1) is 6.92 Å². The maximum absolute atomic E-state index is 12.0. The number of nitrogens with zero attached hydrogens (tertiary/aromatic N) is 1. The second-order valence-corrected chi connectivity index (χ2v) is 6.92. The summed E-state index contributed by atoms with van der Waals surface area (Å²) in [7, 11) is 1.75. The molecule has 1 aliphatic carbocycles. The van der Waals surface area contributed by atoms with E-state index in [1.165, 1.54) is 12.8 Å². The first-order chi connectivity index (χ1) is 12.6. The van der Waals surface area contributed by atoms with Gasteiger partial charge in [0.25, 0.3) is 0 Å². The molecule has 0 aliphatic heterocycles. The quantitative estimate of drug-likeness (QED) is 0.665. The number of amides is 3. The van der Waals surface area contributed by atoms with Crippen LogP contribution < -0.4 is 15.4 Å². The zero-order chi connectivity index (χ0) is 18.8. The Hall–Kier alpha value is -2.24. The number of para-hydroxylation sites is 1. The minimum absolute atomic E-state index is 0.0199. The fourth-order valence-electron chi connectivity index (χ4n) is 3.09. The Morgan fingerprint density at radius 2 is 1.96 bits per heavy atom. The summed E-state index contributed by atoms with van der Waals surface area (Å²) in [5, 5.41) is 5.81. The number of carbonyl (C=O) groups is 2. The summed E-state index contributed by atoms with van der Waals surface area (Å²) < 4.78 is 5.73. The predicted molar refractivity (Wildman–Crippen MR) is 102 cm³/mol. The molecule has 0 radical (unpaired) electrons. The molecule has 6 heteroatoms. The molecular weight excluding hydrogens is 330 g/mol. The van der Waals surface area contributed by atoms with Crippen molar-refractivity contribution in [2.45, 2.75) is 51.5 Å². The molecule has 0 spiro atoms. The first-order valence-corrected chi connectivity index (χ1v) is 9.53. The number of aryl methyl sites for hydroxylation is 1. The van der Waals surface area contributed by atoms with Crippen LogP contribution in [-0.2, 0) is 4.79 Å². The van der Waals surface area contributed by atoms with Crippen LogP contribution in [0.2, 0.25) is 0 Å². The van der Waals surface area contributed by atoms with Crippen molar-refractivity contribution in [1.29, 1.82) is 0 Å². The molecule has 0 unspecified atom stereocenters. The third kappa shape index (κ3) is 6.94. The van der Waals surface area contributed by atoms with Gasteiger partial charge in [-0.05, 0) is 37.8 Å². The molecule has 0 saturated heterocycles. The van der Waals surface area contributed by atoms with Crippen molar-refractivity contribution >= 4 is 11.9 Å². The summed E-state index contributed by atoms with van der Waals surface area (Å²) in [4.78, 5) is 25.5. The molecular formula is C20H31N3O3. The lowest BCUT2D eigenvalue weighted by atomic mass is 10.2. The van der Waals surface area contributed by atoms with Crippen molar-refractivity contribution in [2.75, 3.05) is 26.7 Å². The lowest BCUT2D eigenvalue weighted by Gasteiger charge is -2.18. The van der Waals surface area contributed by atoms with Crippen LogP contribution in [0.5, 0.6) is 5.75 Å². The minimum atomic E-state index is -0.158. The summed E-state index contributed by atoms with van der Waals surface area (Å²) in [6.45, 7) is 3.54. The Kier molecular flexibility index (Phi) is 8.25. The number of benzene rings is 1. The highest BCUT2D eigenvalue weighted by Gasteiger charge is 2.17. The zero-order valence-corrected chi connectivity index (χ0v) is 15.9. The van der Waals surface area contributed by atoms with Gasteiger partial charge in [-0.15, -0.1) is 0 Å². The number of hydrogen-bond donors (Lipinski definition) is 2. The van der Waals surface area contributed by atoms with Crippen LogP contribution in [0.3, 0.4) is 0 Å². The normalized spacial score (nSPS) is 14.1. The van der Waals surface area contributed by atoms with Crippen molar-refractivity contribution in [3.63, 3.8) is 0 Å². The van der Waals surface area contributed by atoms with Gasteiger partial charge >= 0.3 is 6.03 Å². The van der Waals surface area contributed by atoms with Gasteiger partial charge in [-0.3, -0.25) is 4.79 Å². The highest BCUT2D eigenvalue weighted by Crippen LogP contribution is 2.17. The standard InChI is InChI=1S/C20H31N3O3/c1-16-8-3-6-11-18(16)26-15-7-14-23(2)20(25)21-13-12-19(24)22-17-9-4-5-10-17/h3,6,8,11,17H,4-5,7,9-10,12-15H2,1-2H3,(H,21,25)(H,22,24). The number of nitrogens with one attached hydrogen (secondary N) is 2. The summed E-state index contributed by atoms with van der Waals surface area (Å²) in [5.74, 6) is 0.902. The molecule has 6 nitrogen and oxygen atoms in total. The second-order valence-electron chi connectivity index (χ2n) is 6.92. The number of carbonyl (C=O) groups excluding carboxylic acids is 2.